The maximum absolute atomic E-state index is 12.8. The van der Waals surface area contributed by atoms with Gasteiger partial charge in [0.25, 0.3) is 5.91 Å². The van der Waals surface area contributed by atoms with Crippen LogP contribution in [0.2, 0.25) is 0 Å². The molecule has 6 heteroatoms. The second kappa shape index (κ2) is 13.9. The van der Waals surface area contributed by atoms with Crippen molar-refractivity contribution in [2.45, 2.75) is 46.3 Å². The number of ether oxygens (including phenoxy) is 3. The van der Waals surface area contributed by atoms with Gasteiger partial charge in [0.1, 0.15) is 23.7 Å². The van der Waals surface area contributed by atoms with Crippen LogP contribution < -0.4 is 4.74 Å². The molecule has 2 unspecified atom stereocenters. The van der Waals surface area contributed by atoms with Crippen molar-refractivity contribution in [3.8, 4) is 5.75 Å². The summed E-state index contributed by atoms with van der Waals surface area (Å²) in [6, 6.07) is 7.38. The molecule has 0 bridgehead atoms. The summed E-state index contributed by atoms with van der Waals surface area (Å²) >= 11 is 0. The number of carbonyl (C=O) groups excluding carboxylic acids is 1. The van der Waals surface area contributed by atoms with E-state index in [2.05, 4.69) is 25.3 Å². The number of amides is 1. The zero-order chi connectivity index (χ0) is 24.2. The van der Waals surface area contributed by atoms with Crippen molar-refractivity contribution in [1.82, 2.24) is 9.80 Å². The first-order valence-corrected chi connectivity index (χ1v) is 11.8. The van der Waals surface area contributed by atoms with Gasteiger partial charge in [0.15, 0.2) is 0 Å². The number of hydrogen-bond donors (Lipinski definition) is 0. The Hall–Kier alpha value is -2.57. The van der Waals surface area contributed by atoms with E-state index in [9.17, 15) is 4.79 Å². The highest BCUT2D eigenvalue weighted by Crippen LogP contribution is 2.18. The molecule has 1 aromatic rings. The lowest BCUT2D eigenvalue weighted by Gasteiger charge is -2.34. The number of methoxy groups -OCH3 is 1. The Bertz CT molecular complexity index is 808. The molecule has 182 valence electrons. The van der Waals surface area contributed by atoms with Gasteiger partial charge in [-0.3, -0.25) is 9.69 Å². The van der Waals surface area contributed by atoms with Gasteiger partial charge < -0.3 is 19.1 Å². The quantitative estimate of drug-likeness (QED) is 0.259. The molecule has 0 saturated carbocycles. The second-order valence-corrected chi connectivity index (χ2v) is 8.53. The maximum atomic E-state index is 12.8. The van der Waals surface area contributed by atoms with E-state index in [-0.39, 0.29) is 18.1 Å². The van der Waals surface area contributed by atoms with Crippen LogP contribution in [0.5, 0.6) is 5.75 Å². The fraction of sp³-hybridized carbons (Fsp3) is 0.519. The van der Waals surface area contributed by atoms with Gasteiger partial charge in [-0.1, -0.05) is 18.6 Å². The number of piperazine rings is 1. The number of allylic oxidation sites excluding steroid dienone is 2. The summed E-state index contributed by atoms with van der Waals surface area (Å²) in [7, 11) is 1.67. The number of benzene rings is 1. The van der Waals surface area contributed by atoms with Crippen LogP contribution in [-0.4, -0.2) is 74.4 Å². The monoisotopic (exact) mass is 456 g/mol. The molecule has 0 spiro atoms. The summed E-state index contributed by atoms with van der Waals surface area (Å²) in [6.07, 6.45) is 6.61. The lowest BCUT2D eigenvalue weighted by molar-refractivity contribution is 0.0516. The summed E-state index contributed by atoms with van der Waals surface area (Å²) < 4.78 is 17.3. The highest BCUT2D eigenvalue weighted by molar-refractivity contribution is 5.94. The predicted octanol–water partition coefficient (Wildman–Crippen LogP) is 4.69. The summed E-state index contributed by atoms with van der Waals surface area (Å²) in [5, 5.41) is 0. The lowest BCUT2D eigenvalue weighted by atomic mass is 10.1. The first-order valence-electron chi connectivity index (χ1n) is 11.8. The average Bonchev–Trinajstić information content (AvgIpc) is 2.79. The molecule has 1 heterocycles. The van der Waals surface area contributed by atoms with Crippen LogP contribution >= 0.6 is 0 Å². The summed E-state index contributed by atoms with van der Waals surface area (Å²) in [6.45, 7) is 16.6. The predicted molar refractivity (Wildman–Crippen MR) is 134 cm³/mol. The highest BCUT2D eigenvalue weighted by atomic mass is 16.5. The summed E-state index contributed by atoms with van der Waals surface area (Å²) in [4.78, 5) is 17.0. The van der Waals surface area contributed by atoms with Gasteiger partial charge in [0.2, 0.25) is 0 Å². The van der Waals surface area contributed by atoms with Gasteiger partial charge in [-0.05, 0) is 63.6 Å². The Morgan fingerprint density at radius 2 is 1.82 bits per heavy atom. The van der Waals surface area contributed by atoms with E-state index in [1.54, 1.807) is 7.11 Å². The van der Waals surface area contributed by atoms with E-state index < -0.39 is 0 Å². The third-order valence-electron chi connectivity index (χ3n) is 5.55. The Balaban J connectivity index is 1.99. The number of rotatable bonds is 12. The molecule has 2 atom stereocenters. The van der Waals surface area contributed by atoms with E-state index in [1.807, 2.05) is 61.2 Å². The van der Waals surface area contributed by atoms with Gasteiger partial charge in [-0.2, -0.15) is 0 Å². The van der Waals surface area contributed by atoms with E-state index in [1.165, 1.54) is 5.57 Å². The minimum atomic E-state index is -0.199. The molecule has 6 nitrogen and oxygen atoms in total. The van der Waals surface area contributed by atoms with E-state index in [4.69, 9.17) is 14.2 Å². The zero-order valence-corrected chi connectivity index (χ0v) is 20.9. The number of nitrogens with zero attached hydrogens (tertiary/aromatic N) is 2. The summed E-state index contributed by atoms with van der Waals surface area (Å²) in [5.41, 5.74) is 1.91. The van der Waals surface area contributed by atoms with Gasteiger partial charge >= 0.3 is 0 Å². The Morgan fingerprint density at radius 1 is 1.15 bits per heavy atom. The van der Waals surface area contributed by atoms with Crippen LogP contribution in [0.3, 0.4) is 0 Å². The van der Waals surface area contributed by atoms with Crippen molar-refractivity contribution in [3.05, 3.63) is 66.0 Å². The van der Waals surface area contributed by atoms with Crippen LogP contribution in [0.25, 0.3) is 0 Å². The third kappa shape index (κ3) is 9.06. The average molecular weight is 457 g/mol. The van der Waals surface area contributed by atoms with E-state index in [0.717, 1.165) is 44.9 Å². The van der Waals surface area contributed by atoms with Crippen molar-refractivity contribution in [2.24, 2.45) is 0 Å². The Labute approximate surface area is 199 Å². The molecular formula is C27H40N2O4. The molecule has 1 fully saturated rings. The first kappa shape index (κ1) is 26.7. The molecule has 1 aliphatic rings. The van der Waals surface area contributed by atoms with Crippen LogP contribution in [0.15, 0.2) is 60.4 Å². The molecule has 2 rings (SSSR count). The Morgan fingerprint density at radius 3 is 2.39 bits per heavy atom. The molecule has 1 aromatic carbocycles. The smallest absolute Gasteiger partial charge is 0.253 e. The molecule has 0 aliphatic carbocycles. The van der Waals surface area contributed by atoms with Crippen molar-refractivity contribution in [3.63, 3.8) is 0 Å². The van der Waals surface area contributed by atoms with Crippen molar-refractivity contribution in [1.29, 1.82) is 0 Å². The molecule has 1 aliphatic heterocycles. The zero-order valence-electron chi connectivity index (χ0n) is 20.9. The standard InChI is InChI=1S/C27H40N2O4/c1-7-13-28-14-16-29(17-15-28)27(30)24-9-11-25(12-10-24)32-22(4)19-26(18-21(3)8-2)33-23(5)20-31-6/h7,9-12,18-19,22-23H,1,8,13-17,20H2,2-6H3/b21-18-,26-19+. The summed E-state index contributed by atoms with van der Waals surface area (Å²) in [5.74, 6) is 1.55. The molecule has 0 N–H and O–H groups in total. The minimum Gasteiger partial charge on any atom is -0.489 e. The lowest BCUT2D eigenvalue weighted by Crippen LogP contribution is -2.48. The third-order valence-corrected chi connectivity index (χ3v) is 5.55. The van der Waals surface area contributed by atoms with Crippen molar-refractivity contribution < 1.29 is 19.0 Å². The van der Waals surface area contributed by atoms with Gasteiger partial charge in [0, 0.05) is 45.4 Å². The molecule has 1 amide bonds. The van der Waals surface area contributed by atoms with Gasteiger partial charge in [0.05, 0.1) is 6.61 Å². The van der Waals surface area contributed by atoms with Crippen molar-refractivity contribution >= 4 is 5.91 Å². The number of carbonyl (C=O) groups is 1. The second-order valence-electron chi connectivity index (χ2n) is 8.53. The maximum Gasteiger partial charge on any atom is 0.253 e. The van der Waals surface area contributed by atoms with Crippen LogP contribution in [0.1, 0.15) is 44.5 Å². The molecule has 0 radical (unpaired) electrons. The van der Waals surface area contributed by atoms with Crippen molar-refractivity contribution in [2.75, 3.05) is 46.4 Å². The molecule has 0 aromatic heterocycles. The highest BCUT2D eigenvalue weighted by Gasteiger charge is 2.21. The molecule has 33 heavy (non-hydrogen) atoms. The minimum absolute atomic E-state index is 0.0571. The van der Waals surface area contributed by atoms with E-state index in [0.29, 0.717) is 17.9 Å². The van der Waals surface area contributed by atoms with Gasteiger partial charge in [-0.25, -0.2) is 0 Å². The SMILES string of the molecule is C=CCN1CCN(C(=O)c2ccc(OC(C)/C=C(\C=C(\C)CC)OC(C)COC)cc2)CC1. The number of hydrogen-bond acceptors (Lipinski definition) is 5. The molecular weight excluding hydrogens is 416 g/mol. The fourth-order valence-electron chi connectivity index (χ4n) is 3.62. The van der Waals surface area contributed by atoms with Crippen LogP contribution in [0.4, 0.5) is 0 Å². The normalized spacial score (nSPS) is 17.4. The van der Waals surface area contributed by atoms with Crippen LogP contribution in [0, 0.1) is 0 Å². The fourth-order valence-corrected chi connectivity index (χ4v) is 3.62. The Kier molecular flexibility index (Phi) is 11.2. The largest absolute Gasteiger partial charge is 0.489 e. The van der Waals surface area contributed by atoms with Gasteiger partial charge in [-0.15, -0.1) is 6.58 Å². The first-order chi connectivity index (χ1) is 15.9. The topological polar surface area (TPSA) is 51.2 Å². The van der Waals surface area contributed by atoms with Crippen LogP contribution in [-0.2, 0) is 9.47 Å². The van der Waals surface area contributed by atoms with E-state index >= 15 is 0 Å². The molecule has 1 saturated heterocycles.